The molecular weight excluding hydrogens is 130 g/mol. The van der Waals surface area contributed by atoms with E-state index in [1.807, 2.05) is 13.1 Å². The number of nitrogens with zero attached hydrogens (tertiary/aromatic N) is 1. The summed E-state index contributed by atoms with van der Waals surface area (Å²) >= 11 is 1.66. The summed E-state index contributed by atoms with van der Waals surface area (Å²) in [5, 5.41) is 0. The summed E-state index contributed by atoms with van der Waals surface area (Å²) in [5.41, 5.74) is 0. The van der Waals surface area contributed by atoms with Crippen molar-refractivity contribution in [3.05, 3.63) is 0 Å². The van der Waals surface area contributed by atoms with Crippen LogP contribution in [0.15, 0.2) is 4.40 Å². The smallest absolute Gasteiger partial charge is 0.0153 e. The molecule has 0 spiro atoms. The van der Waals surface area contributed by atoms with Crippen LogP contribution in [-0.4, -0.2) is 12.0 Å². The monoisotopic (exact) mass is 145 g/mol. The van der Waals surface area contributed by atoms with Crippen molar-refractivity contribution in [3.63, 3.8) is 0 Å². The Hall–Kier alpha value is 0.0200. The van der Waals surface area contributed by atoms with Gasteiger partial charge in [-0.15, -0.1) is 0 Å². The molecule has 0 rings (SSSR count). The van der Waals surface area contributed by atoms with Crippen molar-refractivity contribution in [3.8, 4) is 0 Å². The van der Waals surface area contributed by atoms with Crippen LogP contribution in [0.4, 0.5) is 0 Å². The van der Waals surface area contributed by atoms with Crippen LogP contribution in [0, 0.1) is 0 Å². The quantitative estimate of drug-likeness (QED) is 0.329. The molecule has 0 unspecified atom stereocenters. The molecule has 0 saturated heterocycles. The van der Waals surface area contributed by atoms with E-state index in [-0.39, 0.29) is 0 Å². The summed E-state index contributed by atoms with van der Waals surface area (Å²) in [6.45, 7) is 4.17. The van der Waals surface area contributed by atoms with Crippen LogP contribution in [0.1, 0.15) is 33.1 Å². The maximum atomic E-state index is 4.04. The molecule has 0 saturated carbocycles. The summed E-state index contributed by atoms with van der Waals surface area (Å²) in [4.78, 5) is 0. The molecule has 1 nitrogen and oxygen atoms in total. The first-order valence-electron chi connectivity index (χ1n) is 3.51. The third kappa shape index (κ3) is 8.02. The predicted molar refractivity (Wildman–Crippen MR) is 46.1 cm³/mol. The third-order valence-corrected chi connectivity index (χ3v) is 1.85. The summed E-state index contributed by atoms with van der Waals surface area (Å²) in [5.74, 6) is 1.18. The fourth-order valence-corrected chi connectivity index (χ4v) is 1.13. The van der Waals surface area contributed by atoms with Gasteiger partial charge in [-0.3, -0.25) is 0 Å². The minimum Gasteiger partial charge on any atom is -0.229 e. The van der Waals surface area contributed by atoms with E-state index in [1.54, 1.807) is 11.9 Å². The molecule has 0 radical (unpaired) electrons. The Morgan fingerprint density at radius 3 is 2.78 bits per heavy atom. The van der Waals surface area contributed by atoms with Crippen LogP contribution in [0.25, 0.3) is 0 Å². The Labute approximate surface area is 62.1 Å². The molecule has 0 fully saturated rings. The van der Waals surface area contributed by atoms with Crippen LogP contribution in [0.5, 0.6) is 0 Å². The highest BCUT2D eigenvalue weighted by atomic mass is 32.2. The van der Waals surface area contributed by atoms with Crippen LogP contribution < -0.4 is 0 Å². The second-order valence-electron chi connectivity index (χ2n) is 1.90. The van der Waals surface area contributed by atoms with E-state index in [4.69, 9.17) is 0 Å². The predicted octanol–water partition coefficient (Wildman–Crippen LogP) is 2.92. The van der Waals surface area contributed by atoms with E-state index >= 15 is 0 Å². The van der Waals surface area contributed by atoms with E-state index in [9.17, 15) is 0 Å². The molecule has 0 amide bonds. The molecule has 0 bridgehead atoms. The van der Waals surface area contributed by atoms with E-state index in [0.29, 0.717) is 0 Å². The molecule has 0 N–H and O–H groups in total. The lowest BCUT2D eigenvalue weighted by Crippen LogP contribution is -1.75. The van der Waals surface area contributed by atoms with Crippen molar-refractivity contribution in [2.24, 2.45) is 4.40 Å². The fourth-order valence-electron chi connectivity index (χ4n) is 0.544. The van der Waals surface area contributed by atoms with Gasteiger partial charge in [-0.2, -0.15) is 0 Å². The molecule has 0 aliphatic rings. The highest BCUT2D eigenvalue weighted by Gasteiger charge is 1.83. The second kappa shape index (κ2) is 8.02. The lowest BCUT2D eigenvalue weighted by molar-refractivity contribution is 0.779. The molecule has 0 heterocycles. The average Bonchev–Trinajstić information content (AvgIpc) is 1.89. The highest BCUT2D eigenvalue weighted by molar-refractivity contribution is 7.98. The lowest BCUT2D eigenvalue weighted by atomic mass is 10.3. The van der Waals surface area contributed by atoms with Gasteiger partial charge in [-0.1, -0.05) is 19.8 Å². The standard InChI is InChI=1S/C7H15NS/c1-3-5-6-7-9-8-4-2/h4H,3,5-7H2,1-2H3. The van der Waals surface area contributed by atoms with Gasteiger partial charge in [0, 0.05) is 12.0 Å². The molecule has 54 valence electrons. The summed E-state index contributed by atoms with van der Waals surface area (Å²) < 4.78 is 4.04. The molecule has 2 heteroatoms. The molecule has 0 aromatic rings. The first kappa shape index (κ1) is 9.02. The van der Waals surface area contributed by atoms with E-state index in [2.05, 4.69) is 11.3 Å². The van der Waals surface area contributed by atoms with Gasteiger partial charge in [0.05, 0.1) is 0 Å². The average molecular weight is 145 g/mol. The van der Waals surface area contributed by atoms with E-state index in [0.717, 1.165) is 0 Å². The topological polar surface area (TPSA) is 12.4 Å². The Balaban J connectivity index is 2.75. The van der Waals surface area contributed by atoms with Crippen LogP contribution in [-0.2, 0) is 0 Å². The third-order valence-electron chi connectivity index (χ3n) is 1.02. The fraction of sp³-hybridized carbons (Fsp3) is 0.857. The van der Waals surface area contributed by atoms with Crippen molar-refractivity contribution in [1.29, 1.82) is 0 Å². The number of unbranched alkanes of at least 4 members (excludes halogenated alkanes) is 2. The minimum absolute atomic E-state index is 1.18. The lowest BCUT2D eigenvalue weighted by Gasteiger charge is -1.91. The first-order chi connectivity index (χ1) is 4.41. The van der Waals surface area contributed by atoms with Crippen molar-refractivity contribution in [2.45, 2.75) is 33.1 Å². The molecular formula is C7H15NS. The summed E-state index contributed by atoms with van der Waals surface area (Å²) in [6, 6.07) is 0. The number of rotatable bonds is 5. The largest absolute Gasteiger partial charge is 0.229 e. The molecule has 0 aliphatic heterocycles. The summed E-state index contributed by atoms with van der Waals surface area (Å²) in [6.07, 6.45) is 5.79. The van der Waals surface area contributed by atoms with Crippen molar-refractivity contribution >= 4 is 18.2 Å². The maximum absolute atomic E-state index is 4.04. The zero-order valence-electron chi connectivity index (χ0n) is 6.26. The normalized spacial score (nSPS) is 10.9. The van der Waals surface area contributed by atoms with Gasteiger partial charge >= 0.3 is 0 Å². The number of hydrogen-bond acceptors (Lipinski definition) is 2. The van der Waals surface area contributed by atoms with Gasteiger partial charge in [-0.25, -0.2) is 4.40 Å². The second-order valence-corrected chi connectivity index (χ2v) is 2.78. The van der Waals surface area contributed by atoms with Crippen LogP contribution in [0.3, 0.4) is 0 Å². The molecule has 0 aromatic heterocycles. The Bertz CT molecular complexity index is 71.3. The molecule has 0 aromatic carbocycles. The Morgan fingerprint density at radius 1 is 1.44 bits per heavy atom. The van der Waals surface area contributed by atoms with Gasteiger partial charge < -0.3 is 0 Å². The summed E-state index contributed by atoms with van der Waals surface area (Å²) in [7, 11) is 0. The van der Waals surface area contributed by atoms with E-state index in [1.165, 1.54) is 25.0 Å². The minimum atomic E-state index is 1.18. The van der Waals surface area contributed by atoms with Gasteiger partial charge in [-0.05, 0) is 25.3 Å². The molecule has 0 aliphatic carbocycles. The SMILES string of the molecule is CC=NSCCCCC. The zero-order chi connectivity index (χ0) is 6.95. The van der Waals surface area contributed by atoms with Crippen LogP contribution >= 0.6 is 11.9 Å². The molecule has 9 heavy (non-hydrogen) atoms. The van der Waals surface area contributed by atoms with Crippen LogP contribution in [0.2, 0.25) is 0 Å². The van der Waals surface area contributed by atoms with Crippen molar-refractivity contribution in [2.75, 3.05) is 5.75 Å². The Morgan fingerprint density at radius 2 is 2.22 bits per heavy atom. The Kier molecular flexibility index (Phi) is 8.04. The molecule has 0 atom stereocenters. The van der Waals surface area contributed by atoms with Gasteiger partial charge in [0.1, 0.15) is 0 Å². The highest BCUT2D eigenvalue weighted by Crippen LogP contribution is 2.05. The van der Waals surface area contributed by atoms with Crippen molar-refractivity contribution in [1.82, 2.24) is 0 Å². The first-order valence-corrected chi connectivity index (χ1v) is 4.46. The van der Waals surface area contributed by atoms with Gasteiger partial charge in [0.15, 0.2) is 0 Å². The zero-order valence-corrected chi connectivity index (χ0v) is 7.08. The number of hydrogen-bond donors (Lipinski definition) is 0. The maximum Gasteiger partial charge on any atom is 0.0153 e. The van der Waals surface area contributed by atoms with Gasteiger partial charge in [0.25, 0.3) is 0 Å². The van der Waals surface area contributed by atoms with Crippen molar-refractivity contribution < 1.29 is 0 Å². The van der Waals surface area contributed by atoms with E-state index < -0.39 is 0 Å². The van der Waals surface area contributed by atoms with Gasteiger partial charge in [0.2, 0.25) is 0 Å².